The van der Waals surface area contributed by atoms with Gasteiger partial charge in [-0.2, -0.15) is 0 Å². The molecule has 2 aliphatic heterocycles. The summed E-state index contributed by atoms with van der Waals surface area (Å²) in [5, 5.41) is 5.69. The van der Waals surface area contributed by atoms with Crippen LogP contribution in [0.15, 0.2) is 24.3 Å². The summed E-state index contributed by atoms with van der Waals surface area (Å²) in [6.45, 7) is 8.97. The number of nitrogens with zero attached hydrogens (tertiary/aromatic N) is 1. The van der Waals surface area contributed by atoms with Gasteiger partial charge in [0.05, 0.1) is 0 Å². The highest BCUT2D eigenvalue weighted by Gasteiger charge is 2.57. The van der Waals surface area contributed by atoms with Gasteiger partial charge in [-0.25, -0.2) is 0 Å². The van der Waals surface area contributed by atoms with E-state index in [1.165, 1.54) is 0 Å². The van der Waals surface area contributed by atoms with Crippen LogP contribution in [0.4, 0.5) is 0 Å². The fourth-order valence-corrected chi connectivity index (χ4v) is 5.87. The number of hydrogen-bond donors (Lipinski definition) is 2. The Morgan fingerprint density at radius 1 is 1.29 bits per heavy atom. The standard InChI is InChI=1S/C23H33N3O4S/c1-6-14(2)17(19(27)24-12-9-13-30-5)25-20(28)18-23(3,4)31-22-16-11-8-7-10-15(16)21(29)26(18)22/h7-8,10-11,14,17-18,22H,6,9,12-13H2,1-5H3,(H,24,27)(H,25,28)/t14-,17-,18+,22-/m0/s1. The molecule has 0 aliphatic carbocycles. The average Bonchev–Trinajstić information content (AvgIpc) is 3.18. The topological polar surface area (TPSA) is 87.7 Å². The van der Waals surface area contributed by atoms with Gasteiger partial charge in [0.1, 0.15) is 17.5 Å². The van der Waals surface area contributed by atoms with Gasteiger partial charge in [-0.05, 0) is 37.8 Å². The van der Waals surface area contributed by atoms with Crippen LogP contribution in [0.5, 0.6) is 0 Å². The molecule has 3 rings (SSSR count). The van der Waals surface area contributed by atoms with Crippen LogP contribution in [0.1, 0.15) is 61.8 Å². The smallest absolute Gasteiger partial charge is 0.256 e. The van der Waals surface area contributed by atoms with Gasteiger partial charge in [0, 0.05) is 30.6 Å². The predicted octanol–water partition coefficient (Wildman–Crippen LogP) is 2.72. The van der Waals surface area contributed by atoms with Gasteiger partial charge in [0.25, 0.3) is 5.91 Å². The molecule has 1 fully saturated rings. The van der Waals surface area contributed by atoms with Crippen LogP contribution < -0.4 is 10.6 Å². The van der Waals surface area contributed by atoms with Crippen molar-refractivity contribution in [2.75, 3.05) is 20.3 Å². The SMILES string of the molecule is CC[C@H](C)[C@H](NC(=O)[C@H]1N2C(=O)c3ccccc3[C@@H]2SC1(C)C)C(=O)NCCCOC. The lowest BCUT2D eigenvalue weighted by Gasteiger charge is -2.32. The molecule has 0 radical (unpaired) electrons. The molecule has 2 N–H and O–H groups in total. The Bertz CT molecular complexity index is 844. The molecule has 1 aromatic rings. The zero-order valence-electron chi connectivity index (χ0n) is 18.9. The third kappa shape index (κ3) is 4.60. The Morgan fingerprint density at radius 3 is 2.68 bits per heavy atom. The Kier molecular flexibility index (Phi) is 7.31. The molecule has 2 heterocycles. The molecular weight excluding hydrogens is 414 g/mol. The van der Waals surface area contributed by atoms with E-state index in [1.54, 1.807) is 23.8 Å². The number of nitrogens with one attached hydrogen (secondary N) is 2. The van der Waals surface area contributed by atoms with Crippen LogP contribution in [0, 0.1) is 5.92 Å². The first-order chi connectivity index (χ1) is 14.7. The first-order valence-corrected chi connectivity index (χ1v) is 11.8. The van der Waals surface area contributed by atoms with Crippen LogP contribution in [-0.4, -0.2) is 59.7 Å². The van der Waals surface area contributed by atoms with Crippen LogP contribution in [0.25, 0.3) is 0 Å². The quantitative estimate of drug-likeness (QED) is 0.569. The first kappa shape index (κ1) is 23.6. The second-order valence-electron chi connectivity index (χ2n) is 8.79. The number of methoxy groups -OCH3 is 1. The number of hydrogen-bond acceptors (Lipinski definition) is 5. The van der Waals surface area contributed by atoms with Crippen LogP contribution in [0.2, 0.25) is 0 Å². The third-order valence-electron chi connectivity index (χ3n) is 6.16. The van der Waals surface area contributed by atoms with Crippen molar-refractivity contribution in [1.29, 1.82) is 0 Å². The Morgan fingerprint density at radius 2 is 2.00 bits per heavy atom. The molecule has 31 heavy (non-hydrogen) atoms. The molecule has 1 saturated heterocycles. The summed E-state index contributed by atoms with van der Waals surface area (Å²) in [4.78, 5) is 41.2. The lowest BCUT2D eigenvalue weighted by molar-refractivity contribution is -0.133. The average molecular weight is 448 g/mol. The van der Waals surface area contributed by atoms with E-state index < -0.39 is 16.8 Å². The molecule has 7 nitrogen and oxygen atoms in total. The third-order valence-corrected chi connectivity index (χ3v) is 7.70. The Balaban J connectivity index is 1.78. The van der Waals surface area contributed by atoms with Gasteiger partial charge >= 0.3 is 0 Å². The summed E-state index contributed by atoms with van der Waals surface area (Å²) in [6.07, 6.45) is 1.45. The van der Waals surface area contributed by atoms with E-state index in [2.05, 4.69) is 10.6 Å². The van der Waals surface area contributed by atoms with Gasteiger partial charge in [0.15, 0.2) is 0 Å². The van der Waals surface area contributed by atoms with Gasteiger partial charge in [-0.1, -0.05) is 38.5 Å². The monoisotopic (exact) mass is 447 g/mol. The van der Waals surface area contributed by atoms with Crippen molar-refractivity contribution in [2.45, 2.75) is 62.7 Å². The van der Waals surface area contributed by atoms with Crippen LogP contribution in [-0.2, 0) is 14.3 Å². The highest BCUT2D eigenvalue weighted by Crippen LogP contribution is 2.56. The van der Waals surface area contributed by atoms with Crippen molar-refractivity contribution in [3.05, 3.63) is 35.4 Å². The molecule has 0 aromatic heterocycles. The number of carbonyl (C=O) groups excluding carboxylic acids is 3. The predicted molar refractivity (Wildman–Crippen MR) is 122 cm³/mol. The molecular formula is C23H33N3O4S. The minimum absolute atomic E-state index is 0.0363. The van der Waals surface area contributed by atoms with E-state index in [0.717, 1.165) is 12.0 Å². The van der Waals surface area contributed by atoms with E-state index >= 15 is 0 Å². The lowest BCUT2D eigenvalue weighted by atomic mass is 9.95. The summed E-state index contributed by atoms with van der Waals surface area (Å²) in [5.41, 5.74) is 1.61. The largest absolute Gasteiger partial charge is 0.385 e. The molecule has 0 bridgehead atoms. The first-order valence-electron chi connectivity index (χ1n) is 10.9. The zero-order chi connectivity index (χ0) is 22.8. The van der Waals surface area contributed by atoms with Crippen LogP contribution in [0.3, 0.4) is 0 Å². The van der Waals surface area contributed by atoms with Crippen molar-refractivity contribution in [1.82, 2.24) is 15.5 Å². The fraction of sp³-hybridized carbons (Fsp3) is 0.609. The summed E-state index contributed by atoms with van der Waals surface area (Å²) < 4.78 is 4.54. The van der Waals surface area contributed by atoms with E-state index in [0.29, 0.717) is 25.1 Å². The lowest BCUT2D eigenvalue weighted by Crippen LogP contribution is -2.58. The maximum atomic E-state index is 13.5. The van der Waals surface area contributed by atoms with E-state index in [1.807, 2.05) is 52.0 Å². The summed E-state index contributed by atoms with van der Waals surface area (Å²) in [5.74, 6) is -0.637. The summed E-state index contributed by atoms with van der Waals surface area (Å²) in [6, 6.07) is 6.22. The number of amides is 3. The highest BCUT2D eigenvalue weighted by molar-refractivity contribution is 8.01. The summed E-state index contributed by atoms with van der Waals surface area (Å²) >= 11 is 1.62. The van der Waals surface area contributed by atoms with Gasteiger partial charge in [0.2, 0.25) is 11.8 Å². The second-order valence-corrected chi connectivity index (χ2v) is 10.5. The van der Waals surface area contributed by atoms with E-state index in [4.69, 9.17) is 4.74 Å². The molecule has 2 aliphatic rings. The number of rotatable bonds is 9. The Labute approximate surface area is 188 Å². The fourth-order valence-electron chi connectivity index (χ4n) is 4.28. The van der Waals surface area contributed by atoms with Crippen molar-refractivity contribution < 1.29 is 19.1 Å². The van der Waals surface area contributed by atoms with E-state index in [9.17, 15) is 14.4 Å². The minimum atomic E-state index is -0.657. The zero-order valence-corrected chi connectivity index (χ0v) is 19.8. The maximum absolute atomic E-state index is 13.5. The Hall–Kier alpha value is -2.06. The molecule has 0 spiro atoms. The molecule has 1 aromatic carbocycles. The van der Waals surface area contributed by atoms with Gasteiger partial charge < -0.3 is 20.3 Å². The minimum Gasteiger partial charge on any atom is -0.385 e. The number of ether oxygens (including phenoxy) is 1. The summed E-state index contributed by atoms with van der Waals surface area (Å²) in [7, 11) is 1.62. The van der Waals surface area contributed by atoms with Crippen LogP contribution >= 0.6 is 11.8 Å². The maximum Gasteiger partial charge on any atom is 0.256 e. The van der Waals surface area contributed by atoms with Gasteiger partial charge in [-0.3, -0.25) is 14.4 Å². The molecule has 3 amide bonds. The number of carbonyl (C=O) groups is 3. The number of thioether (sulfide) groups is 1. The second kappa shape index (κ2) is 9.61. The van der Waals surface area contributed by atoms with Crippen molar-refractivity contribution in [2.24, 2.45) is 5.92 Å². The molecule has 0 saturated carbocycles. The molecule has 0 unspecified atom stereocenters. The molecule has 8 heteroatoms. The number of fused-ring (bicyclic) bond motifs is 3. The van der Waals surface area contributed by atoms with Gasteiger partial charge in [-0.15, -0.1) is 11.8 Å². The normalized spacial score (nSPS) is 23.1. The van der Waals surface area contributed by atoms with E-state index in [-0.39, 0.29) is 29.0 Å². The highest BCUT2D eigenvalue weighted by atomic mass is 32.2. The number of benzene rings is 1. The van der Waals surface area contributed by atoms with Crippen molar-refractivity contribution in [3.8, 4) is 0 Å². The molecule has 4 atom stereocenters. The molecule has 170 valence electrons. The van der Waals surface area contributed by atoms with Crippen molar-refractivity contribution >= 4 is 29.5 Å². The van der Waals surface area contributed by atoms with Crippen molar-refractivity contribution in [3.63, 3.8) is 0 Å².